The zero-order valence-electron chi connectivity index (χ0n) is 8.84. The lowest BCUT2D eigenvalue weighted by Gasteiger charge is -2.06. The van der Waals surface area contributed by atoms with Crippen LogP contribution in [0.1, 0.15) is 18.2 Å². The summed E-state index contributed by atoms with van der Waals surface area (Å²) < 4.78 is 1.08. The van der Waals surface area contributed by atoms with E-state index in [2.05, 4.69) is 38.3 Å². The summed E-state index contributed by atoms with van der Waals surface area (Å²) in [5.74, 6) is 0. The van der Waals surface area contributed by atoms with Gasteiger partial charge in [-0.25, -0.2) is 0 Å². The van der Waals surface area contributed by atoms with E-state index in [0.717, 1.165) is 22.1 Å². The van der Waals surface area contributed by atoms with Gasteiger partial charge in [0.1, 0.15) is 0 Å². The number of nitrogens with two attached hydrogens (primary N) is 1. The lowest BCUT2D eigenvalue weighted by molar-refractivity contribution is 0.740. The van der Waals surface area contributed by atoms with Crippen LogP contribution in [0.5, 0.6) is 0 Å². The molecule has 2 aromatic rings. The molecular formula is C11H14BrN3. The van der Waals surface area contributed by atoms with Crippen molar-refractivity contribution < 1.29 is 0 Å². The minimum atomic E-state index is 0.152. The Morgan fingerprint density at radius 1 is 1.53 bits per heavy atom. The molecule has 0 amide bonds. The predicted octanol–water partition coefficient (Wildman–Crippen LogP) is 2.52. The van der Waals surface area contributed by atoms with Gasteiger partial charge in [0, 0.05) is 21.6 Å². The average molecular weight is 268 g/mol. The third-order valence-electron chi connectivity index (χ3n) is 2.43. The van der Waals surface area contributed by atoms with Gasteiger partial charge in [0.05, 0.1) is 5.52 Å². The molecule has 1 heterocycles. The number of aromatic nitrogens is 2. The van der Waals surface area contributed by atoms with Gasteiger partial charge in [-0.15, -0.1) is 0 Å². The van der Waals surface area contributed by atoms with E-state index in [-0.39, 0.29) is 6.04 Å². The van der Waals surface area contributed by atoms with Gasteiger partial charge >= 0.3 is 0 Å². The number of aromatic amines is 1. The van der Waals surface area contributed by atoms with Crippen LogP contribution >= 0.6 is 15.9 Å². The number of rotatable bonds is 2. The van der Waals surface area contributed by atoms with Crippen molar-refractivity contribution in [3.63, 3.8) is 0 Å². The SMILES string of the molecule is Cc1[nH]nc2c(CC(C)N)cc(Br)cc12. The van der Waals surface area contributed by atoms with Gasteiger partial charge < -0.3 is 5.73 Å². The fraction of sp³-hybridized carbons (Fsp3) is 0.364. The number of H-pyrrole nitrogens is 1. The molecule has 3 nitrogen and oxygen atoms in total. The molecular weight excluding hydrogens is 254 g/mol. The molecule has 1 atom stereocenters. The Morgan fingerprint density at radius 2 is 2.27 bits per heavy atom. The summed E-state index contributed by atoms with van der Waals surface area (Å²) >= 11 is 3.51. The second-order valence-corrected chi connectivity index (χ2v) is 4.91. The number of benzene rings is 1. The van der Waals surface area contributed by atoms with Crippen molar-refractivity contribution in [3.05, 3.63) is 27.9 Å². The first-order chi connectivity index (χ1) is 7.08. The fourth-order valence-corrected chi connectivity index (χ4v) is 2.28. The van der Waals surface area contributed by atoms with Gasteiger partial charge in [0.25, 0.3) is 0 Å². The third-order valence-corrected chi connectivity index (χ3v) is 2.89. The molecule has 80 valence electrons. The highest BCUT2D eigenvalue weighted by atomic mass is 79.9. The van der Waals surface area contributed by atoms with E-state index in [4.69, 9.17) is 5.73 Å². The van der Waals surface area contributed by atoms with Crippen molar-refractivity contribution in [2.24, 2.45) is 5.73 Å². The van der Waals surface area contributed by atoms with E-state index in [1.165, 1.54) is 10.9 Å². The molecule has 0 saturated heterocycles. The quantitative estimate of drug-likeness (QED) is 0.879. The lowest BCUT2D eigenvalue weighted by Crippen LogP contribution is -2.17. The molecule has 1 aromatic carbocycles. The molecule has 0 bridgehead atoms. The largest absolute Gasteiger partial charge is 0.328 e. The molecule has 2 rings (SSSR count). The topological polar surface area (TPSA) is 54.7 Å². The Balaban J connectivity index is 2.61. The summed E-state index contributed by atoms with van der Waals surface area (Å²) in [5.41, 5.74) is 9.14. The maximum Gasteiger partial charge on any atom is 0.0956 e. The zero-order valence-corrected chi connectivity index (χ0v) is 10.4. The zero-order chi connectivity index (χ0) is 11.0. The molecule has 0 saturated carbocycles. The van der Waals surface area contributed by atoms with E-state index in [1.807, 2.05) is 13.8 Å². The number of fused-ring (bicyclic) bond motifs is 1. The van der Waals surface area contributed by atoms with Crippen molar-refractivity contribution in [1.82, 2.24) is 10.2 Å². The Labute approximate surface area is 97.2 Å². The Kier molecular flexibility index (Phi) is 2.80. The summed E-state index contributed by atoms with van der Waals surface area (Å²) in [6, 6.07) is 4.32. The lowest BCUT2D eigenvalue weighted by atomic mass is 10.0. The van der Waals surface area contributed by atoms with Crippen LogP contribution < -0.4 is 5.73 Å². The maximum absolute atomic E-state index is 5.82. The molecule has 0 aliphatic carbocycles. The second kappa shape index (κ2) is 3.94. The average Bonchev–Trinajstić information content (AvgIpc) is 2.47. The van der Waals surface area contributed by atoms with E-state index in [9.17, 15) is 0 Å². The van der Waals surface area contributed by atoms with Crippen molar-refractivity contribution in [2.45, 2.75) is 26.3 Å². The molecule has 0 fully saturated rings. The van der Waals surface area contributed by atoms with Gasteiger partial charge in [-0.2, -0.15) is 5.10 Å². The Bertz CT molecular complexity index is 488. The second-order valence-electron chi connectivity index (χ2n) is 3.99. The summed E-state index contributed by atoms with van der Waals surface area (Å²) in [6.07, 6.45) is 0.847. The molecule has 4 heteroatoms. The van der Waals surface area contributed by atoms with Gasteiger partial charge in [-0.05, 0) is 38.0 Å². The maximum atomic E-state index is 5.82. The number of nitrogens with zero attached hydrogens (tertiary/aromatic N) is 1. The molecule has 15 heavy (non-hydrogen) atoms. The minimum Gasteiger partial charge on any atom is -0.328 e. The first-order valence-electron chi connectivity index (χ1n) is 4.96. The molecule has 0 spiro atoms. The summed E-state index contributed by atoms with van der Waals surface area (Å²) in [4.78, 5) is 0. The normalized spacial score (nSPS) is 13.3. The molecule has 0 aliphatic heterocycles. The number of hydrogen-bond acceptors (Lipinski definition) is 2. The first-order valence-corrected chi connectivity index (χ1v) is 5.76. The molecule has 3 N–H and O–H groups in total. The van der Waals surface area contributed by atoms with Gasteiger partial charge in [-0.1, -0.05) is 15.9 Å². The highest BCUT2D eigenvalue weighted by Crippen LogP contribution is 2.25. The predicted molar refractivity (Wildman–Crippen MR) is 65.9 cm³/mol. The van der Waals surface area contributed by atoms with Crippen molar-refractivity contribution in [3.8, 4) is 0 Å². The number of nitrogens with one attached hydrogen (secondary N) is 1. The number of halogens is 1. The van der Waals surface area contributed by atoms with Crippen LogP contribution in [0.3, 0.4) is 0 Å². The minimum absolute atomic E-state index is 0.152. The van der Waals surface area contributed by atoms with Crippen LogP contribution in [0.25, 0.3) is 10.9 Å². The van der Waals surface area contributed by atoms with Crippen LogP contribution in [0, 0.1) is 6.92 Å². The molecule has 1 unspecified atom stereocenters. The standard InChI is InChI=1S/C11H14BrN3/c1-6(13)3-8-4-9(12)5-10-7(2)14-15-11(8)10/h4-6H,3,13H2,1-2H3,(H,14,15). The Hall–Kier alpha value is -0.870. The highest BCUT2D eigenvalue weighted by molar-refractivity contribution is 9.10. The number of aryl methyl sites for hydroxylation is 1. The van der Waals surface area contributed by atoms with Crippen molar-refractivity contribution >= 4 is 26.8 Å². The van der Waals surface area contributed by atoms with Crippen LogP contribution in [-0.4, -0.2) is 16.2 Å². The van der Waals surface area contributed by atoms with Gasteiger partial charge in [0.15, 0.2) is 0 Å². The monoisotopic (exact) mass is 267 g/mol. The first kappa shape index (κ1) is 10.6. The summed E-state index contributed by atoms with van der Waals surface area (Å²) in [5, 5.41) is 8.48. The third kappa shape index (κ3) is 2.06. The van der Waals surface area contributed by atoms with E-state index < -0.39 is 0 Å². The van der Waals surface area contributed by atoms with Crippen LogP contribution in [-0.2, 0) is 6.42 Å². The van der Waals surface area contributed by atoms with E-state index in [1.54, 1.807) is 0 Å². The van der Waals surface area contributed by atoms with Crippen molar-refractivity contribution in [1.29, 1.82) is 0 Å². The fourth-order valence-electron chi connectivity index (χ4n) is 1.78. The van der Waals surface area contributed by atoms with Gasteiger partial charge in [-0.3, -0.25) is 5.10 Å². The molecule has 0 aliphatic rings. The Morgan fingerprint density at radius 3 is 2.93 bits per heavy atom. The molecule has 1 aromatic heterocycles. The van der Waals surface area contributed by atoms with E-state index in [0.29, 0.717) is 0 Å². The van der Waals surface area contributed by atoms with Crippen LogP contribution in [0.2, 0.25) is 0 Å². The highest BCUT2D eigenvalue weighted by Gasteiger charge is 2.09. The van der Waals surface area contributed by atoms with Gasteiger partial charge in [0.2, 0.25) is 0 Å². The van der Waals surface area contributed by atoms with Crippen molar-refractivity contribution in [2.75, 3.05) is 0 Å². The summed E-state index contributed by atoms with van der Waals surface area (Å²) in [7, 11) is 0. The molecule has 0 radical (unpaired) electrons. The van der Waals surface area contributed by atoms with Crippen LogP contribution in [0.15, 0.2) is 16.6 Å². The summed E-state index contributed by atoms with van der Waals surface area (Å²) in [6.45, 7) is 4.03. The number of hydrogen-bond donors (Lipinski definition) is 2. The van der Waals surface area contributed by atoms with E-state index >= 15 is 0 Å². The van der Waals surface area contributed by atoms with Crippen LogP contribution in [0.4, 0.5) is 0 Å². The smallest absolute Gasteiger partial charge is 0.0956 e.